The maximum absolute atomic E-state index is 11.5. The number of anilines is 1. The summed E-state index contributed by atoms with van der Waals surface area (Å²) >= 11 is 0. The molecular formula is C28H25N5O4. The van der Waals surface area contributed by atoms with Gasteiger partial charge in [0, 0.05) is 29.7 Å². The number of carbonyl (C=O) groups is 1. The molecule has 9 nitrogen and oxygen atoms in total. The van der Waals surface area contributed by atoms with Gasteiger partial charge in [-0.05, 0) is 43.2 Å². The van der Waals surface area contributed by atoms with Crippen LogP contribution < -0.4 is 4.90 Å². The number of para-hydroxylation sites is 1. The number of nitrogens with zero attached hydrogens (tertiary/aromatic N) is 5. The molecule has 0 saturated carbocycles. The molecule has 1 aliphatic rings. The van der Waals surface area contributed by atoms with E-state index in [1.165, 1.54) is 12.1 Å². The average Bonchev–Trinajstić information content (AvgIpc) is 3.30. The molecule has 5 aromatic rings. The SMILES string of the molecule is O=C(O)c1ccc(-c2c(CCc3ccc4ccccc4n3)nc3c(N4CCOCC4)ccnn23)cc1O. The Morgan fingerprint density at radius 3 is 2.62 bits per heavy atom. The first kappa shape index (κ1) is 22.9. The lowest BCUT2D eigenvalue weighted by atomic mass is 10.0. The lowest BCUT2D eigenvalue weighted by molar-refractivity contribution is 0.0693. The number of pyridine rings is 1. The van der Waals surface area contributed by atoms with Gasteiger partial charge in [-0.2, -0.15) is 5.10 Å². The molecule has 1 fully saturated rings. The van der Waals surface area contributed by atoms with Crippen molar-refractivity contribution in [2.75, 3.05) is 31.2 Å². The van der Waals surface area contributed by atoms with E-state index in [9.17, 15) is 15.0 Å². The number of aromatic carboxylic acids is 1. The predicted molar refractivity (Wildman–Crippen MR) is 139 cm³/mol. The summed E-state index contributed by atoms with van der Waals surface area (Å²) in [6, 6.07) is 18.6. The largest absolute Gasteiger partial charge is 0.507 e. The van der Waals surface area contributed by atoms with E-state index in [2.05, 4.69) is 16.1 Å². The molecule has 1 aliphatic heterocycles. The second-order valence-electron chi connectivity index (χ2n) is 8.99. The van der Waals surface area contributed by atoms with E-state index in [1.807, 2.05) is 36.4 Å². The second kappa shape index (κ2) is 9.51. The second-order valence-corrected chi connectivity index (χ2v) is 8.99. The first-order chi connectivity index (χ1) is 18.1. The Labute approximate surface area is 212 Å². The lowest BCUT2D eigenvalue weighted by Gasteiger charge is -2.28. The number of hydrogen-bond donors (Lipinski definition) is 2. The molecule has 9 heteroatoms. The Morgan fingerprint density at radius 2 is 1.81 bits per heavy atom. The smallest absolute Gasteiger partial charge is 0.339 e. The van der Waals surface area contributed by atoms with Crippen LogP contribution in [-0.4, -0.2) is 62.1 Å². The van der Waals surface area contributed by atoms with E-state index in [0.717, 1.165) is 46.8 Å². The number of phenols is 1. The normalized spacial score (nSPS) is 13.9. The van der Waals surface area contributed by atoms with Crippen molar-refractivity contribution in [3.63, 3.8) is 0 Å². The van der Waals surface area contributed by atoms with Gasteiger partial charge in [-0.25, -0.2) is 14.3 Å². The fourth-order valence-corrected chi connectivity index (χ4v) is 4.85. The van der Waals surface area contributed by atoms with Crippen molar-refractivity contribution >= 4 is 28.2 Å². The van der Waals surface area contributed by atoms with Gasteiger partial charge in [0.15, 0.2) is 5.65 Å². The molecule has 6 rings (SSSR count). The molecule has 2 N–H and O–H groups in total. The summed E-state index contributed by atoms with van der Waals surface area (Å²) in [5.74, 6) is -1.48. The van der Waals surface area contributed by atoms with Gasteiger partial charge in [0.05, 0.1) is 42.0 Å². The Balaban J connectivity index is 1.44. The number of aromatic hydroxyl groups is 1. The molecule has 0 unspecified atom stereocenters. The maximum Gasteiger partial charge on any atom is 0.339 e. The topological polar surface area (TPSA) is 113 Å². The van der Waals surface area contributed by atoms with Crippen molar-refractivity contribution in [1.82, 2.24) is 19.6 Å². The van der Waals surface area contributed by atoms with Crippen LogP contribution in [0.2, 0.25) is 0 Å². The minimum absolute atomic E-state index is 0.151. The van der Waals surface area contributed by atoms with Crippen LogP contribution >= 0.6 is 0 Å². The molecule has 0 radical (unpaired) electrons. The number of hydrogen-bond acceptors (Lipinski definition) is 7. The Kier molecular flexibility index (Phi) is 5.90. The van der Waals surface area contributed by atoms with Crippen LogP contribution in [0.4, 0.5) is 5.69 Å². The third kappa shape index (κ3) is 4.34. The Morgan fingerprint density at radius 1 is 0.973 bits per heavy atom. The minimum Gasteiger partial charge on any atom is -0.507 e. The monoisotopic (exact) mass is 495 g/mol. The van der Waals surface area contributed by atoms with Crippen molar-refractivity contribution in [2.45, 2.75) is 12.8 Å². The molecule has 0 amide bonds. The van der Waals surface area contributed by atoms with E-state index >= 15 is 0 Å². The molecule has 1 saturated heterocycles. The standard InChI is InChI=1S/C28H25N5O4/c34-25-17-19(6-9-21(25)28(35)36)26-23(10-8-20-7-5-18-3-1-2-4-22(18)30-20)31-27-24(11-12-29-33(26)27)32-13-15-37-16-14-32/h1-7,9,11-12,17,34H,8,10,13-16H2,(H,35,36). The van der Waals surface area contributed by atoms with Gasteiger partial charge >= 0.3 is 5.97 Å². The van der Waals surface area contributed by atoms with Crippen molar-refractivity contribution < 1.29 is 19.7 Å². The highest BCUT2D eigenvalue weighted by Crippen LogP contribution is 2.33. The van der Waals surface area contributed by atoms with Gasteiger partial charge in [-0.15, -0.1) is 0 Å². The van der Waals surface area contributed by atoms with Crippen molar-refractivity contribution in [2.24, 2.45) is 0 Å². The molecule has 37 heavy (non-hydrogen) atoms. The molecule has 0 spiro atoms. The third-order valence-electron chi connectivity index (χ3n) is 6.70. The van der Waals surface area contributed by atoms with E-state index < -0.39 is 5.97 Å². The van der Waals surface area contributed by atoms with Crippen LogP contribution in [0, 0.1) is 0 Å². The molecule has 0 atom stereocenters. The molecule has 0 bridgehead atoms. The number of aromatic nitrogens is 4. The number of carboxylic acids is 1. The van der Waals surface area contributed by atoms with Gasteiger partial charge in [-0.1, -0.05) is 30.3 Å². The number of fused-ring (bicyclic) bond motifs is 2. The fourth-order valence-electron chi connectivity index (χ4n) is 4.85. The number of morpholine rings is 1. The summed E-state index contributed by atoms with van der Waals surface area (Å²) in [6.07, 6.45) is 2.99. The predicted octanol–water partition coefficient (Wildman–Crippen LogP) is 3.97. The molecule has 3 aromatic heterocycles. The third-order valence-corrected chi connectivity index (χ3v) is 6.70. The average molecular weight is 496 g/mol. The first-order valence-electron chi connectivity index (χ1n) is 12.2. The van der Waals surface area contributed by atoms with Gasteiger partial charge in [-0.3, -0.25) is 4.98 Å². The van der Waals surface area contributed by atoms with Crippen LogP contribution in [0.1, 0.15) is 21.7 Å². The summed E-state index contributed by atoms with van der Waals surface area (Å²) in [5.41, 5.74) is 5.57. The van der Waals surface area contributed by atoms with E-state index in [4.69, 9.17) is 14.7 Å². The highest BCUT2D eigenvalue weighted by atomic mass is 16.5. The molecule has 4 heterocycles. The van der Waals surface area contributed by atoms with Crippen LogP contribution in [0.25, 0.3) is 27.8 Å². The zero-order valence-corrected chi connectivity index (χ0v) is 20.0. The minimum atomic E-state index is -1.18. The Hall–Kier alpha value is -4.50. The molecule has 186 valence electrons. The van der Waals surface area contributed by atoms with Crippen LogP contribution in [0.15, 0.2) is 66.9 Å². The number of carboxylic acid groups (broad SMARTS) is 1. The van der Waals surface area contributed by atoms with Gasteiger partial charge in [0.1, 0.15) is 11.3 Å². The van der Waals surface area contributed by atoms with Crippen LogP contribution in [0.3, 0.4) is 0 Å². The number of imidazole rings is 1. The summed E-state index contributed by atoms with van der Waals surface area (Å²) in [6.45, 7) is 2.80. The summed E-state index contributed by atoms with van der Waals surface area (Å²) in [4.78, 5) is 23.5. The summed E-state index contributed by atoms with van der Waals surface area (Å²) < 4.78 is 7.31. The number of aryl methyl sites for hydroxylation is 2. The molecular weight excluding hydrogens is 470 g/mol. The van der Waals surface area contributed by atoms with Gasteiger partial charge in [0.2, 0.25) is 0 Å². The fraction of sp³-hybridized carbons (Fsp3) is 0.214. The number of rotatable bonds is 6. The van der Waals surface area contributed by atoms with E-state index in [-0.39, 0.29) is 11.3 Å². The van der Waals surface area contributed by atoms with Crippen molar-refractivity contribution in [3.8, 4) is 17.0 Å². The molecule has 0 aliphatic carbocycles. The first-order valence-corrected chi connectivity index (χ1v) is 12.2. The summed E-state index contributed by atoms with van der Waals surface area (Å²) in [5, 5.41) is 25.5. The maximum atomic E-state index is 11.5. The summed E-state index contributed by atoms with van der Waals surface area (Å²) in [7, 11) is 0. The van der Waals surface area contributed by atoms with Crippen LogP contribution in [-0.2, 0) is 17.6 Å². The zero-order valence-electron chi connectivity index (χ0n) is 20.0. The quantitative estimate of drug-likeness (QED) is 0.364. The lowest BCUT2D eigenvalue weighted by Crippen LogP contribution is -2.36. The van der Waals surface area contributed by atoms with Gasteiger partial charge in [0.25, 0.3) is 0 Å². The van der Waals surface area contributed by atoms with Crippen molar-refractivity contribution in [1.29, 1.82) is 0 Å². The highest BCUT2D eigenvalue weighted by Gasteiger charge is 2.22. The van der Waals surface area contributed by atoms with Crippen molar-refractivity contribution in [3.05, 3.63) is 83.8 Å². The zero-order chi connectivity index (χ0) is 25.4. The van der Waals surface area contributed by atoms with Crippen LogP contribution in [0.5, 0.6) is 5.75 Å². The molecule has 2 aromatic carbocycles. The highest BCUT2D eigenvalue weighted by molar-refractivity contribution is 5.92. The number of benzene rings is 2. The van der Waals surface area contributed by atoms with E-state index in [1.54, 1.807) is 16.8 Å². The van der Waals surface area contributed by atoms with Gasteiger partial charge < -0.3 is 19.8 Å². The number of ether oxygens (including phenoxy) is 1. The van der Waals surface area contributed by atoms with E-state index in [0.29, 0.717) is 37.3 Å². The Bertz CT molecular complexity index is 1620.